The summed E-state index contributed by atoms with van der Waals surface area (Å²) in [6, 6.07) is 10.7. The molecule has 7 aliphatic rings. The van der Waals surface area contributed by atoms with E-state index in [1.165, 1.54) is 30.7 Å². The summed E-state index contributed by atoms with van der Waals surface area (Å²) in [5.74, 6) is -6.45. The van der Waals surface area contributed by atoms with Crippen LogP contribution in [0.15, 0.2) is 120 Å². The number of rotatable bonds is 28. The van der Waals surface area contributed by atoms with Gasteiger partial charge in [0.2, 0.25) is 29.5 Å². The van der Waals surface area contributed by atoms with E-state index in [0.717, 1.165) is 40.9 Å². The van der Waals surface area contributed by atoms with Crippen molar-refractivity contribution in [3.05, 3.63) is 143 Å². The average Bonchev–Trinajstić information content (AvgIpc) is 1.59. The number of aromatic nitrogens is 9. The number of amides is 5. The number of cyclic esters (lactones) is 1. The van der Waals surface area contributed by atoms with Gasteiger partial charge in [-0.1, -0.05) is 89.3 Å². The van der Waals surface area contributed by atoms with E-state index in [2.05, 4.69) is 67.5 Å². The number of nitrogen functional groups attached to an aromatic ring is 2. The van der Waals surface area contributed by atoms with Crippen molar-refractivity contribution in [3.8, 4) is 11.3 Å². The van der Waals surface area contributed by atoms with E-state index in [0.29, 0.717) is 212 Å². The van der Waals surface area contributed by atoms with Crippen LogP contribution in [0.2, 0.25) is 0 Å². The first kappa shape index (κ1) is 106. The van der Waals surface area contributed by atoms with Crippen LogP contribution in [0, 0.1) is 35.5 Å². The molecule has 5 amide bonds. The summed E-state index contributed by atoms with van der Waals surface area (Å²) in [6.45, 7) is 21.9. The van der Waals surface area contributed by atoms with Crippen molar-refractivity contribution in [2.24, 2.45) is 35.5 Å². The number of aliphatic hydroxyl groups excluding tert-OH is 1. The van der Waals surface area contributed by atoms with Crippen LogP contribution < -0.4 is 31.9 Å². The van der Waals surface area contributed by atoms with Gasteiger partial charge in [0.25, 0.3) is 23.6 Å². The van der Waals surface area contributed by atoms with E-state index in [4.69, 9.17) is 63.6 Å². The number of ether oxygens (including phenoxy) is 9. The highest BCUT2D eigenvalue weighted by Crippen LogP contribution is 2.41. The van der Waals surface area contributed by atoms with Crippen molar-refractivity contribution in [2.75, 3.05) is 155 Å². The molecule has 14 rings (SSSR count). The largest absolute Gasteiger partial charge is 0.460 e. The Balaban J connectivity index is 0.471. The summed E-state index contributed by atoms with van der Waals surface area (Å²) in [7, 11) is 6.14. The third-order valence-electron chi connectivity index (χ3n) is 29.0. The fourth-order valence-corrected chi connectivity index (χ4v) is 20.5. The molecule has 39 heteroatoms. The van der Waals surface area contributed by atoms with Crippen LogP contribution in [0.4, 0.5) is 28.5 Å². The first-order valence-electron chi connectivity index (χ1n) is 50.0. The van der Waals surface area contributed by atoms with Crippen LogP contribution in [-0.4, -0.2) is 316 Å². The highest BCUT2D eigenvalue weighted by molar-refractivity contribution is 6.39. The molecule has 5 fully saturated rings. The van der Waals surface area contributed by atoms with E-state index in [9.17, 15) is 43.8 Å². The molecule has 0 unspecified atom stereocenters. The molecule has 768 valence electrons. The van der Waals surface area contributed by atoms with Crippen LogP contribution in [0.5, 0.6) is 0 Å². The summed E-state index contributed by atoms with van der Waals surface area (Å²) < 4.78 is 61.9. The lowest BCUT2D eigenvalue weighted by Crippen LogP contribution is -2.61. The number of hydrogen-bond donors (Lipinski definition) is 6. The van der Waals surface area contributed by atoms with E-state index >= 15 is 4.79 Å². The Hall–Kier alpha value is -11.7. The maximum atomic E-state index is 15.0. The normalized spacial score (nSPS) is 27.3. The number of benzene rings is 2. The Labute approximate surface area is 829 Å². The van der Waals surface area contributed by atoms with Crippen molar-refractivity contribution < 1.29 is 95.6 Å². The lowest BCUT2D eigenvalue weighted by atomic mass is 9.78. The molecular formula is C103H141N19O20. The molecule has 39 nitrogen and oxygen atoms in total. The topological polar surface area (TPSA) is 477 Å². The van der Waals surface area contributed by atoms with Crippen molar-refractivity contribution in [1.29, 1.82) is 0 Å². The Morgan fingerprint density at radius 3 is 2.12 bits per heavy atom. The number of piperazine rings is 2. The summed E-state index contributed by atoms with van der Waals surface area (Å²) in [4.78, 5) is 154. The molecule has 4 saturated heterocycles. The molecular weight excluding hydrogens is 1820 g/mol. The van der Waals surface area contributed by atoms with Crippen molar-refractivity contribution in [2.45, 2.75) is 225 Å². The van der Waals surface area contributed by atoms with Gasteiger partial charge in [0, 0.05) is 187 Å². The molecule has 7 aromatic rings. The predicted octanol–water partition coefficient (Wildman–Crippen LogP) is 8.90. The number of alkyl carbamates (subject to hydrolysis) is 1. The number of piperidine rings is 1. The minimum Gasteiger partial charge on any atom is -0.460 e. The third-order valence-corrected chi connectivity index (χ3v) is 29.0. The van der Waals surface area contributed by atoms with Crippen LogP contribution in [-0.2, 0) is 97.5 Å². The maximum absolute atomic E-state index is 15.0. The van der Waals surface area contributed by atoms with Gasteiger partial charge in [0.05, 0.1) is 81.2 Å². The molecule has 8 N–H and O–H groups in total. The summed E-state index contributed by atoms with van der Waals surface area (Å²) in [5.41, 5.74) is 20.9. The molecule has 0 spiro atoms. The number of oxazole rings is 1. The first-order chi connectivity index (χ1) is 68.5. The Morgan fingerprint density at radius 1 is 0.676 bits per heavy atom. The van der Waals surface area contributed by atoms with Gasteiger partial charge in [0.1, 0.15) is 53.8 Å². The van der Waals surface area contributed by atoms with E-state index in [1.54, 1.807) is 53.6 Å². The van der Waals surface area contributed by atoms with Crippen molar-refractivity contribution >= 4 is 93.1 Å². The fraction of sp³-hybridized carbons (Fsp3) is 0.592. The number of nitrogens with two attached hydrogens (primary N) is 2. The lowest BCUT2D eigenvalue weighted by Gasteiger charge is -2.43. The van der Waals surface area contributed by atoms with E-state index in [1.807, 2.05) is 109 Å². The van der Waals surface area contributed by atoms with Crippen molar-refractivity contribution in [1.82, 2.24) is 74.9 Å². The minimum atomic E-state index is -2.47. The number of esters is 1. The van der Waals surface area contributed by atoms with E-state index < -0.39 is 102 Å². The van der Waals surface area contributed by atoms with Gasteiger partial charge in [-0.05, 0) is 148 Å². The lowest BCUT2D eigenvalue weighted by molar-refractivity contribution is -0.265. The molecule has 1 aliphatic carbocycles. The Morgan fingerprint density at radius 2 is 1.39 bits per heavy atom. The zero-order valence-corrected chi connectivity index (χ0v) is 83.6. The average molecular weight is 1970 g/mol. The van der Waals surface area contributed by atoms with Gasteiger partial charge in [-0.2, -0.15) is 10.1 Å². The molecule has 2 bridgehead atoms. The second-order valence-electron chi connectivity index (χ2n) is 38.9. The monoisotopic (exact) mass is 1960 g/mol. The maximum Gasteiger partial charge on any atom is 0.407 e. The quantitative estimate of drug-likeness (QED) is 0.0115. The Kier molecular flexibility index (Phi) is 37.4. The molecule has 16 atom stereocenters. The van der Waals surface area contributed by atoms with Crippen LogP contribution in [0.3, 0.4) is 0 Å². The number of carbonyl (C=O) groups is 8. The SMILES string of the molecule is CO[C@H]1C[C@@H]2CC[C@@H](C)[C@@](O)(O2)C(=O)C(=O)N2CCCC[C@H]2C(=O)O[C@H]([C@H](C)C[C@@H]2CC[C@@H](OC(=O)NCc3cnc(N4CCN(C(=O)CCOCCN5CCN(c6ncc(C(=O)NCCOCCC(=O)N7CCc8cc(Cn9nc(-c%10ccc%11oc(N)nc%11c%10)c%10c(N)ncnc%109)ccc8C7)cn6)CC5)CC4)nc3)[C@H](OC)C2)C[C@@H](OC)[C@H](C)/C=C(\C)[C@@H](O)[C@@H](OC)C(=O)[C@H](C)C[C@H](C)/C=C/C=C/C=C/1C. The number of allylic oxidation sites excluding steroid dienone is 5. The molecule has 142 heavy (non-hydrogen) atoms. The van der Waals surface area contributed by atoms with E-state index in [-0.39, 0.29) is 106 Å². The molecule has 0 radical (unpaired) electrons. The number of anilines is 4. The highest BCUT2D eigenvalue weighted by atomic mass is 16.6. The van der Waals surface area contributed by atoms with Gasteiger partial charge in [-0.3, -0.25) is 33.7 Å². The minimum absolute atomic E-state index is 0.000287. The zero-order valence-electron chi connectivity index (χ0n) is 83.6. The summed E-state index contributed by atoms with van der Waals surface area (Å²) in [6.07, 6.45) is 19.1. The molecule has 11 heterocycles. The van der Waals surface area contributed by atoms with Gasteiger partial charge in [0.15, 0.2) is 17.0 Å². The predicted molar refractivity (Wildman–Crippen MR) is 529 cm³/mol. The number of nitrogens with zero attached hydrogens (tertiary/aromatic N) is 15. The van der Waals surface area contributed by atoms with Crippen LogP contribution in [0.1, 0.15) is 171 Å². The van der Waals surface area contributed by atoms with Crippen molar-refractivity contribution in [3.63, 3.8) is 0 Å². The second-order valence-corrected chi connectivity index (χ2v) is 38.9. The Bertz CT molecular complexity index is 5600. The first-order valence-corrected chi connectivity index (χ1v) is 50.0. The number of Topliss-reactive ketones (excluding diaryl/α,β-unsaturated/α-hetero) is 2. The van der Waals surface area contributed by atoms with Gasteiger partial charge in [-0.15, -0.1) is 0 Å². The standard InChI is InChI=1S/C103H141N19O20/c1-63-17-13-12-14-18-64(2)82(133-8)53-77-25-20-69(7)103(132,142-77)93(127)97(129)121-32-16-15-19-79(121)98(130)139-84(54-83(134-9)65(3)48-68(6)91(126)92(136-11)90(125)67(5)47-63)66(4)49-70-22-26-81(85(51-70)135-10)141-102(131)111-57-72-55-107-100(108-56-72)119-40-38-117(39-41-119)86(123)29-44-138-46-42-116-34-36-118(37-35-116)101-109-58-76(59-110-101)96(128)106-31-45-137-43-30-87(124)120-33-28-73-50-71(21-23-75(73)61-120)60-122-95-88(94(104)112-62-113-95)89(115-122)74-24-27-80-78(52-74)114-99(105)140-80/h12-14,17-18,21,23-24,27,48,50,52,55-56,58-59,62-63,65-67,69-70,77,79,81-85,91-92,126,132H,15-16,19-20,22,25-26,28-47,49,51,53-54,57,60-61H2,1-11H3,(H2,105,114)(H,106,128)(H,111,131)(H2,104,112,113)/b14-12+,17-13+,64-18+,68-48+/t63-,65-,66-,67-,69-,70+,77+,79+,81-,82+,83-,84+,85-,91-,92+,103-/m1/s1. The smallest absolute Gasteiger partial charge is 0.407 e. The second kappa shape index (κ2) is 50.0. The number of fused-ring (bicyclic) bond motifs is 6. The molecule has 2 aromatic carbocycles. The molecule has 5 aromatic heterocycles. The number of nitrogens with one attached hydrogen (secondary N) is 2. The number of aliphatic hydroxyl groups is 2. The molecule has 6 aliphatic heterocycles. The number of methoxy groups -OCH3 is 4. The third kappa shape index (κ3) is 27.1. The fourth-order valence-electron chi connectivity index (χ4n) is 20.5. The zero-order chi connectivity index (χ0) is 101. The van der Waals surface area contributed by atoms with Crippen LogP contribution in [0.25, 0.3) is 33.4 Å². The summed E-state index contributed by atoms with van der Waals surface area (Å²) in [5, 5.41) is 35.4. The number of ketones is 2. The van der Waals surface area contributed by atoms with Gasteiger partial charge < -0.3 is 104 Å². The number of carbonyl (C=O) groups excluding carboxylic acids is 8. The van der Waals surface area contributed by atoms with Gasteiger partial charge >= 0.3 is 12.1 Å². The summed E-state index contributed by atoms with van der Waals surface area (Å²) >= 11 is 0. The van der Waals surface area contributed by atoms with Gasteiger partial charge in [-0.25, -0.2) is 44.2 Å². The molecule has 1 saturated carbocycles. The van der Waals surface area contributed by atoms with Crippen LogP contribution >= 0.6 is 0 Å². The highest BCUT2D eigenvalue weighted by Gasteiger charge is 2.54. The number of hydrogen-bond acceptors (Lipinski definition) is 33.